The van der Waals surface area contributed by atoms with E-state index in [9.17, 15) is 0 Å². The van der Waals surface area contributed by atoms with Gasteiger partial charge in [-0.1, -0.05) is 0 Å². The van der Waals surface area contributed by atoms with Crippen LogP contribution >= 0.6 is 0 Å². The van der Waals surface area contributed by atoms with Crippen LogP contribution in [0.25, 0.3) is 0 Å². The summed E-state index contributed by atoms with van der Waals surface area (Å²) in [7, 11) is 0. The van der Waals surface area contributed by atoms with Crippen LogP contribution in [0.4, 0.5) is 0 Å². The summed E-state index contributed by atoms with van der Waals surface area (Å²) in [6.45, 7) is 3.88. The van der Waals surface area contributed by atoms with E-state index < -0.39 is 5.60 Å². The maximum atomic E-state index is 8.61. The van der Waals surface area contributed by atoms with Crippen LogP contribution in [0.5, 0.6) is 0 Å². The molecule has 0 aromatic heterocycles. The largest absolute Gasteiger partial charge is 0.491 e. The van der Waals surface area contributed by atoms with E-state index in [-0.39, 0.29) is 5.57 Å². The third-order valence-corrected chi connectivity index (χ3v) is 2.24. The van der Waals surface area contributed by atoms with E-state index >= 15 is 0 Å². The van der Waals surface area contributed by atoms with Crippen LogP contribution in [0, 0.1) is 22.7 Å². The summed E-state index contributed by atoms with van der Waals surface area (Å²) in [4.78, 5) is 0. The van der Waals surface area contributed by atoms with Gasteiger partial charge in [0.05, 0.1) is 6.26 Å². The van der Waals surface area contributed by atoms with Gasteiger partial charge in [0, 0.05) is 0 Å². The predicted molar refractivity (Wildman–Crippen MR) is 51.8 cm³/mol. The van der Waals surface area contributed by atoms with Crippen LogP contribution < -0.4 is 0 Å². The molecule has 0 radical (unpaired) electrons. The SMILES string of the molecule is CC1=CO[C@](C)(C=C(C#N)C#N)CC1. The van der Waals surface area contributed by atoms with Gasteiger partial charge in [-0.15, -0.1) is 0 Å². The molecule has 14 heavy (non-hydrogen) atoms. The van der Waals surface area contributed by atoms with E-state index in [1.807, 2.05) is 26.0 Å². The number of hydrogen-bond acceptors (Lipinski definition) is 3. The zero-order chi connectivity index (χ0) is 10.6. The number of allylic oxidation sites excluding steroid dienone is 2. The lowest BCUT2D eigenvalue weighted by molar-refractivity contribution is 0.0630. The van der Waals surface area contributed by atoms with Crippen molar-refractivity contribution in [3.05, 3.63) is 23.5 Å². The molecule has 1 rings (SSSR count). The third-order valence-electron chi connectivity index (χ3n) is 2.24. The number of rotatable bonds is 1. The van der Waals surface area contributed by atoms with Crippen molar-refractivity contribution in [3.8, 4) is 12.1 Å². The van der Waals surface area contributed by atoms with Crippen LogP contribution in [0.3, 0.4) is 0 Å². The molecule has 0 aromatic rings. The number of hydrogen-bond donors (Lipinski definition) is 0. The Bertz CT molecular complexity index is 352. The summed E-state index contributed by atoms with van der Waals surface area (Å²) < 4.78 is 5.47. The molecule has 1 atom stereocenters. The Balaban J connectivity index is 2.85. The molecule has 1 aliphatic heterocycles. The van der Waals surface area contributed by atoms with E-state index in [0.29, 0.717) is 0 Å². The maximum Gasteiger partial charge on any atom is 0.129 e. The first-order valence-corrected chi connectivity index (χ1v) is 4.46. The summed E-state index contributed by atoms with van der Waals surface area (Å²) in [6.07, 6.45) is 5.04. The molecule has 3 heteroatoms. The fraction of sp³-hybridized carbons (Fsp3) is 0.455. The molecule has 1 aliphatic rings. The average molecular weight is 188 g/mol. The number of ether oxygens (including phenoxy) is 1. The normalized spacial score (nSPS) is 25.0. The average Bonchev–Trinajstić information content (AvgIpc) is 2.20. The first kappa shape index (κ1) is 10.3. The van der Waals surface area contributed by atoms with Gasteiger partial charge < -0.3 is 4.74 Å². The summed E-state index contributed by atoms with van der Waals surface area (Å²) in [5.41, 5.74) is 0.798. The third kappa shape index (κ3) is 2.37. The van der Waals surface area contributed by atoms with E-state index in [4.69, 9.17) is 15.3 Å². The Morgan fingerprint density at radius 1 is 1.57 bits per heavy atom. The molecule has 0 unspecified atom stereocenters. The van der Waals surface area contributed by atoms with Crippen LogP contribution in [0.1, 0.15) is 26.7 Å². The van der Waals surface area contributed by atoms with E-state index in [2.05, 4.69) is 0 Å². The molecule has 0 spiro atoms. The molecule has 0 saturated heterocycles. The van der Waals surface area contributed by atoms with Gasteiger partial charge in [0.2, 0.25) is 0 Å². The van der Waals surface area contributed by atoms with Crippen molar-refractivity contribution in [3.63, 3.8) is 0 Å². The molecule has 1 heterocycles. The van der Waals surface area contributed by atoms with Crippen LogP contribution in [0.15, 0.2) is 23.5 Å². The Hall–Kier alpha value is -1.74. The predicted octanol–water partition coefficient (Wildman–Crippen LogP) is 2.43. The Morgan fingerprint density at radius 2 is 2.21 bits per heavy atom. The fourth-order valence-electron chi connectivity index (χ4n) is 1.30. The van der Waals surface area contributed by atoms with Crippen LogP contribution in [-0.2, 0) is 4.74 Å². The second-order valence-corrected chi connectivity index (χ2v) is 3.68. The molecular weight excluding hydrogens is 176 g/mol. The van der Waals surface area contributed by atoms with E-state index in [0.717, 1.165) is 12.8 Å². The van der Waals surface area contributed by atoms with Crippen molar-refractivity contribution in [2.75, 3.05) is 0 Å². The van der Waals surface area contributed by atoms with E-state index in [1.165, 1.54) is 5.57 Å². The lowest BCUT2D eigenvalue weighted by Crippen LogP contribution is -2.27. The summed E-state index contributed by atoms with van der Waals surface area (Å²) >= 11 is 0. The quantitative estimate of drug-likeness (QED) is 0.594. The molecule has 0 fully saturated rings. The molecule has 0 amide bonds. The van der Waals surface area contributed by atoms with Crippen molar-refractivity contribution < 1.29 is 4.74 Å². The topological polar surface area (TPSA) is 56.8 Å². The number of nitriles is 2. The summed E-state index contributed by atoms with van der Waals surface area (Å²) in [5, 5.41) is 17.2. The lowest BCUT2D eigenvalue weighted by Gasteiger charge is -2.29. The second-order valence-electron chi connectivity index (χ2n) is 3.68. The van der Waals surface area contributed by atoms with E-state index in [1.54, 1.807) is 12.3 Å². The minimum atomic E-state index is -0.500. The first-order valence-electron chi connectivity index (χ1n) is 4.46. The van der Waals surface area contributed by atoms with Gasteiger partial charge in [-0.05, 0) is 38.3 Å². The Labute approximate surface area is 83.9 Å². The highest BCUT2D eigenvalue weighted by molar-refractivity contribution is 5.37. The summed E-state index contributed by atoms with van der Waals surface area (Å²) in [6, 6.07) is 3.67. The number of nitrogens with zero attached hydrogens (tertiary/aromatic N) is 2. The zero-order valence-corrected chi connectivity index (χ0v) is 8.37. The van der Waals surface area contributed by atoms with Crippen molar-refractivity contribution in [1.82, 2.24) is 0 Å². The second kappa shape index (κ2) is 3.98. The highest BCUT2D eigenvalue weighted by Crippen LogP contribution is 2.28. The highest BCUT2D eigenvalue weighted by Gasteiger charge is 2.26. The standard InChI is InChI=1S/C11H12N2O/c1-9-3-4-11(2,14-8-9)5-10(6-12)7-13/h5,8H,3-4H2,1-2H3/t11-/m0/s1. The van der Waals surface area contributed by atoms with Crippen molar-refractivity contribution in [2.45, 2.75) is 32.3 Å². The van der Waals surface area contributed by atoms with Gasteiger partial charge in [-0.2, -0.15) is 10.5 Å². The van der Waals surface area contributed by atoms with Crippen molar-refractivity contribution >= 4 is 0 Å². The summed E-state index contributed by atoms with van der Waals surface area (Å²) in [5.74, 6) is 0. The maximum absolute atomic E-state index is 8.61. The molecule has 0 N–H and O–H groups in total. The molecule has 3 nitrogen and oxygen atoms in total. The fourth-order valence-corrected chi connectivity index (χ4v) is 1.30. The Morgan fingerprint density at radius 3 is 2.64 bits per heavy atom. The van der Waals surface area contributed by atoms with Gasteiger partial charge in [0.25, 0.3) is 0 Å². The molecule has 0 bridgehead atoms. The molecule has 0 aliphatic carbocycles. The first-order chi connectivity index (χ1) is 6.59. The molecule has 72 valence electrons. The van der Waals surface area contributed by atoms with Gasteiger partial charge in [0.1, 0.15) is 23.3 Å². The van der Waals surface area contributed by atoms with Crippen LogP contribution in [0.2, 0.25) is 0 Å². The van der Waals surface area contributed by atoms with Gasteiger partial charge in [-0.3, -0.25) is 0 Å². The molecule has 0 saturated carbocycles. The molecule has 0 aromatic carbocycles. The minimum Gasteiger partial charge on any atom is -0.491 e. The van der Waals surface area contributed by atoms with Gasteiger partial charge in [-0.25, -0.2) is 0 Å². The van der Waals surface area contributed by atoms with Crippen LogP contribution in [-0.4, -0.2) is 5.60 Å². The van der Waals surface area contributed by atoms with Crippen molar-refractivity contribution in [1.29, 1.82) is 10.5 Å². The zero-order valence-electron chi connectivity index (χ0n) is 8.37. The smallest absolute Gasteiger partial charge is 0.129 e. The lowest BCUT2D eigenvalue weighted by atomic mass is 9.93. The Kier molecular flexibility index (Phi) is 2.94. The van der Waals surface area contributed by atoms with Gasteiger partial charge >= 0.3 is 0 Å². The minimum absolute atomic E-state index is 0.112. The molecular formula is C11H12N2O. The monoisotopic (exact) mass is 188 g/mol. The van der Waals surface area contributed by atoms with Crippen molar-refractivity contribution in [2.24, 2.45) is 0 Å². The van der Waals surface area contributed by atoms with Gasteiger partial charge in [0.15, 0.2) is 0 Å². The highest BCUT2D eigenvalue weighted by atomic mass is 16.5.